The van der Waals surface area contributed by atoms with Crippen LogP contribution in [0.25, 0.3) is 0 Å². The first kappa shape index (κ1) is 12.8. The van der Waals surface area contributed by atoms with Gasteiger partial charge >= 0.3 is 0 Å². The standard InChI is InChI=1S/C12H21N3OS/c1-12(2,3)10-14-11(17-15-10)13-6-7-16-8-9-4-5-9/h9H,4-8H2,1-3H3,(H,13,14,15). The van der Waals surface area contributed by atoms with E-state index in [1.54, 1.807) is 0 Å². The molecule has 0 spiro atoms. The van der Waals surface area contributed by atoms with Crippen molar-refractivity contribution in [2.75, 3.05) is 25.1 Å². The fraction of sp³-hybridized carbons (Fsp3) is 0.833. The first-order valence-corrected chi connectivity index (χ1v) is 6.99. The molecular formula is C12H21N3OS. The van der Waals surface area contributed by atoms with Crippen LogP contribution in [0.5, 0.6) is 0 Å². The number of aromatic nitrogens is 2. The third kappa shape index (κ3) is 4.24. The Morgan fingerprint density at radius 2 is 2.18 bits per heavy atom. The van der Waals surface area contributed by atoms with Crippen molar-refractivity contribution in [2.24, 2.45) is 5.92 Å². The van der Waals surface area contributed by atoms with E-state index in [-0.39, 0.29) is 5.41 Å². The maximum absolute atomic E-state index is 5.55. The summed E-state index contributed by atoms with van der Waals surface area (Å²) >= 11 is 1.43. The van der Waals surface area contributed by atoms with Crippen molar-refractivity contribution in [1.29, 1.82) is 0 Å². The molecule has 2 rings (SSSR count). The summed E-state index contributed by atoms with van der Waals surface area (Å²) in [4.78, 5) is 4.47. The molecule has 5 heteroatoms. The molecule has 1 aliphatic carbocycles. The topological polar surface area (TPSA) is 47.0 Å². The lowest BCUT2D eigenvalue weighted by atomic mass is 9.96. The molecule has 1 N–H and O–H groups in total. The van der Waals surface area contributed by atoms with Gasteiger partial charge in [0.1, 0.15) is 5.82 Å². The Morgan fingerprint density at radius 3 is 2.76 bits per heavy atom. The van der Waals surface area contributed by atoms with Crippen LogP contribution in [0.2, 0.25) is 0 Å². The SMILES string of the molecule is CC(C)(C)c1nsc(NCCOCC2CC2)n1. The van der Waals surface area contributed by atoms with E-state index in [0.717, 1.165) is 36.6 Å². The number of nitrogens with zero attached hydrogens (tertiary/aromatic N) is 2. The van der Waals surface area contributed by atoms with Crippen LogP contribution in [0.3, 0.4) is 0 Å². The number of nitrogens with one attached hydrogen (secondary N) is 1. The molecule has 96 valence electrons. The third-order valence-electron chi connectivity index (χ3n) is 2.67. The summed E-state index contributed by atoms with van der Waals surface area (Å²) in [7, 11) is 0. The molecule has 1 aliphatic rings. The van der Waals surface area contributed by atoms with E-state index in [1.807, 2.05) is 0 Å². The first-order valence-electron chi connectivity index (χ1n) is 6.21. The van der Waals surface area contributed by atoms with Crippen LogP contribution in [0.4, 0.5) is 5.13 Å². The summed E-state index contributed by atoms with van der Waals surface area (Å²) < 4.78 is 9.90. The van der Waals surface area contributed by atoms with Gasteiger partial charge in [-0.05, 0) is 18.8 Å². The normalized spacial score (nSPS) is 16.2. The molecule has 1 fully saturated rings. The summed E-state index contributed by atoms with van der Waals surface area (Å²) in [5, 5.41) is 4.14. The van der Waals surface area contributed by atoms with E-state index in [0.29, 0.717) is 0 Å². The Labute approximate surface area is 107 Å². The maximum atomic E-state index is 5.55. The van der Waals surface area contributed by atoms with Crippen molar-refractivity contribution in [3.8, 4) is 0 Å². The molecule has 1 saturated carbocycles. The molecule has 0 aromatic carbocycles. The number of ether oxygens (including phenoxy) is 1. The lowest BCUT2D eigenvalue weighted by Crippen LogP contribution is -2.14. The lowest BCUT2D eigenvalue weighted by Gasteiger charge is -2.12. The van der Waals surface area contributed by atoms with E-state index >= 15 is 0 Å². The van der Waals surface area contributed by atoms with E-state index < -0.39 is 0 Å². The van der Waals surface area contributed by atoms with Crippen molar-refractivity contribution in [3.63, 3.8) is 0 Å². The summed E-state index contributed by atoms with van der Waals surface area (Å²) in [6, 6.07) is 0. The minimum absolute atomic E-state index is 0.0267. The molecule has 0 radical (unpaired) electrons. The Balaban J connectivity index is 1.66. The van der Waals surface area contributed by atoms with Gasteiger partial charge in [-0.1, -0.05) is 20.8 Å². The Bertz CT molecular complexity index is 355. The van der Waals surface area contributed by atoms with E-state index in [1.165, 1.54) is 24.4 Å². The summed E-state index contributed by atoms with van der Waals surface area (Å²) in [5.74, 6) is 1.74. The molecule has 4 nitrogen and oxygen atoms in total. The average molecular weight is 255 g/mol. The third-order valence-corrected chi connectivity index (χ3v) is 3.34. The summed E-state index contributed by atoms with van der Waals surface area (Å²) in [6.07, 6.45) is 2.69. The Kier molecular flexibility index (Phi) is 3.99. The monoisotopic (exact) mass is 255 g/mol. The molecule has 0 bridgehead atoms. The fourth-order valence-corrected chi connectivity index (χ4v) is 2.15. The highest BCUT2D eigenvalue weighted by Gasteiger charge is 2.21. The lowest BCUT2D eigenvalue weighted by molar-refractivity contribution is 0.134. The molecule has 0 amide bonds. The molecule has 1 aromatic rings. The Hall–Kier alpha value is -0.680. The van der Waals surface area contributed by atoms with Gasteiger partial charge in [0.15, 0.2) is 0 Å². The van der Waals surface area contributed by atoms with Crippen molar-refractivity contribution in [3.05, 3.63) is 5.82 Å². The van der Waals surface area contributed by atoms with Gasteiger partial charge in [0.05, 0.1) is 6.61 Å². The maximum Gasteiger partial charge on any atom is 0.202 e. The second kappa shape index (κ2) is 5.31. The van der Waals surface area contributed by atoms with E-state index in [2.05, 4.69) is 35.4 Å². The molecular weight excluding hydrogens is 234 g/mol. The largest absolute Gasteiger partial charge is 0.379 e. The second-order valence-electron chi connectivity index (χ2n) is 5.62. The molecule has 1 aromatic heterocycles. The summed E-state index contributed by atoms with van der Waals surface area (Å²) in [6.45, 7) is 8.85. The van der Waals surface area contributed by atoms with Gasteiger partial charge < -0.3 is 10.1 Å². The minimum Gasteiger partial charge on any atom is -0.379 e. The molecule has 0 aliphatic heterocycles. The van der Waals surface area contributed by atoms with Gasteiger partial charge in [-0.2, -0.15) is 4.37 Å². The van der Waals surface area contributed by atoms with Crippen molar-refractivity contribution >= 4 is 16.7 Å². The molecule has 0 saturated heterocycles. The van der Waals surface area contributed by atoms with Crippen LogP contribution in [0.1, 0.15) is 39.4 Å². The van der Waals surface area contributed by atoms with Crippen molar-refractivity contribution in [2.45, 2.75) is 39.0 Å². The van der Waals surface area contributed by atoms with Gasteiger partial charge in [-0.3, -0.25) is 0 Å². The highest BCUT2D eigenvalue weighted by atomic mass is 32.1. The minimum atomic E-state index is 0.0267. The van der Waals surface area contributed by atoms with Gasteiger partial charge in [-0.15, -0.1) is 0 Å². The van der Waals surface area contributed by atoms with E-state index in [9.17, 15) is 0 Å². The molecule has 0 unspecified atom stereocenters. The number of hydrogen-bond acceptors (Lipinski definition) is 5. The quantitative estimate of drug-likeness (QED) is 0.794. The zero-order chi connectivity index (χ0) is 12.3. The van der Waals surface area contributed by atoms with Crippen LogP contribution < -0.4 is 5.32 Å². The van der Waals surface area contributed by atoms with Crippen LogP contribution in [0, 0.1) is 5.92 Å². The zero-order valence-electron chi connectivity index (χ0n) is 10.8. The predicted octanol–water partition coefficient (Wildman–Crippen LogP) is 2.67. The zero-order valence-corrected chi connectivity index (χ0v) is 11.6. The Morgan fingerprint density at radius 1 is 1.41 bits per heavy atom. The number of rotatable bonds is 6. The van der Waals surface area contributed by atoms with Gasteiger partial charge in [0.25, 0.3) is 0 Å². The molecule has 1 heterocycles. The predicted molar refractivity (Wildman–Crippen MR) is 70.6 cm³/mol. The van der Waals surface area contributed by atoms with Crippen molar-refractivity contribution in [1.82, 2.24) is 9.36 Å². The van der Waals surface area contributed by atoms with Gasteiger partial charge in [0, 0.05) is 30.1 Å². The highest BCUT2D eigenvalue weighted by molar-refractivity contribution is 7.09. The summed E-state index contributed by atoms with van der Waals surface area (Å²) in [5.41, 5.74) is 0.0267. The van der Waals surface area contributed by atoms with E-state index in [4.69, 9.17) is 4.74 Å². The fourth-order valence-electron chi connectivity index (χ4n) is 1.36. The average Bonchev–Trinajstić information content (AvgIpc) is 2.92. The first-order chi connectivity index (χ1) is 8.05. The number of anilines is 1. The smallest absolute Gasteiger partial charge is 0.202 e. The number of hydrogen-bond donors (Lipinski definition) is 1. The molecule has 0 atom stereocenters. The van der Waals surface area contributed by atoms with Crippen LogP contribution >= 0.6 is 11.5 Å². The van der Waals surface area contributed by atoms with Gasteiger partial charge in [-0.25, -0.2) is 4.98 Å². The second-order valence-corrected chi connectivity index (χ2v) is 6.37. The molecule has 17 heavy (non-hydrogen) atoms. The van der Waals surface area contributed by atoms with Crippen LogP contribution in [0.15, 0.2) is 0 Å². The van der Waals surface area contributed by atoms with Crippen molar-refractivity contribution < 1.29 is 4.74 Å². The highest BCUT2D eigenvalue weighted by Crippen LogP contribution is 2.28. The van der Waals surface area contributed by atoms with Crippen LogP contribution in [-0.4, -0.2) is 29.1 Å². The van der Waals surface area contributed by atoms with Gasteiger partial charge in [0.2, 0.25) is 5.13 Å². The van der Waals surface area contributed by atoms with Crippen LogP contribution in [-0.2, 0) is 10.2 Å².